The van der Waals surface area contributed by atoms with Gasteiger partial charge in [0.2, 0.25) is 10.0 Å². The Labute approximate surface area is 175 Å². The van der Waals surface area contributed by atoms with Crippen LogP contribution in [0.1, 0.15) is 12.8 Å². The van der Waals surface area contributed by atoms with Gasteiger partial charge in [-0.3, -0.25) is 4.98 Å². The minimum atomic E-state index is -3.70. The second kappa shape index (κ2) is 7.90. The zero-order valence-corrected chi connectivity index (χ0v) is 17.8. The summed E-state index contributed by atoms with van der Waals surface area (Å²) in [5, 5.41) is 12.2. The maximum Gasteiger partial charge on any atom is 0.243 e. The van der Waals surface area contributed by atoms with Crippen molar-refractivity contribution in [2.24, 2.45) is 0 Å². The van der Waals surface area contributed by atoms with Gasteiger partial charge < -0.3 is 19.1 Å². The first-order valence-electron chi connectivity index (χ1n) is 9.70. The van der Waals surface area contributed by atoms with E-state index >= 15 is 0 Å². The van der Waals surface area contributed by atoms with Crippen LogP contribution in [0.5, 0.6) is 11.5 Å². The molecule has 3 heterocycles. The number of hydrogen-bond donors (Lipinski definition) is 1. The van der Waals surface area contributed by atoms with E-state index in [4.69, 9.17) is 9.47 Å². The lowest BCUT2D eigenvalue weighted by Crippen LogP contribution is -2.48. The van der Waals surface area contributed by atoms with Crippen LogP contribution in [0.4, 0.5) is 0 Å². The van der Waals surface area contributed by atoms with Gasteiger partial charge in [0, 0.05) is 36.9 Å². The van der Waals surface area contributed by atoms with E-state index in [1.54, 1.807) is 18.5 Å². The molecule has 1 aliphatic heterocycles. The van der Waals surface area contributed by atoms with Crippen molar-refractivity contribution in [3.8, 4) is 11.5 Å². The number of methoxy groups -OCH3 is 2. The average molecular weight is 432 g/mol. The molecule has 0 radical (unpaired) electrons. The van der Waals surface area contributed by atoms with Crippen molar-refractivity contribution in [1.82, 2.24) is 13.9 Å². The fourth-order valence-electron chi connectivity index (χ4n) is 3.91. The summed E-state index contributed by atoms with van der Waals surface area (Å²) >= 11 is 0. The Kier molecular flexibility index (Phi) is 5.44. The maximum atomic E-state index is 13.1. The van der Waals surface area contributed by atoms with Crippen molar-refractivity contribution >= 4 is 20.9 Å². The van der Waals surface area contributed by atoms with Crippen LogP contribution in [0.2, 0.25) is 0 Å². The molecule has 2 aromatic heterocycles. The Hall–Kier alpha value is -2.62. The summed E-state index contributed by atoms with van der Waals surface area (Å²) < 4.78 is 40.0. The third kappa shape index (κ3) is 3.76. The number of nitrogens with zero attached hydrogens (tertiary/aromatic N) is 3. The predicted octanol–water partition coefficient (Wildman–Crippen LogP) is 2.27. The maximum absolute atomic E-state index is 13.1. The highest BCUT2D eigenvalue weighted by Crippen LogP contribution is 2.33. The quantitative estimate of drug-likeness (QED) is 0.644. The van der Waals surface area contributed by atoms with E-state index in [9.17, 15) is 13.5 Å². The molecule has 1 fully saturated rings. The third-order valence-electron chi connectivity index (χ3n) is 5.69. The molecular weight excluding hydrogens is 406 g/mol. The Balaban J connectivity index is 1.49. The van der Waals surface area contributed by atoms with Crippen LogP contribution in [0, 0.1) is 0 Å². The highest BCUT2D eigenvalue weighted by Gasteiger charge is 2.37. The van der Waals surface area contributed by atoms with Crippen LogP contribution in [0.15, 0.2) is 53.8 Å². The summed E-state index contributed by atoms with van der Waals surface area (Å²) in [5.41, 5.74) is -0.0305. The zero-order valence-electron chi connectivity index (χ0n) is 17.0. The SMILES string of the molecule is COc1ccc(S(=O)(=O)N2CCC(O)(Cn3ccc4ccncc43)CC2)cc1OC. The molecule has 1 N–H and O–H groups in total. The van der Waals surface area contributed by atoms with E-state index < -0.39 is 15.6 Å². The van der Waals surface area contributed by atoms with Gasteiger partial charge >= 0.3 is 0 Å². The molecule has 0 aliphatic carbocycles. The first kappa shape index (κ1) is 20.6. The van der Waals surface area contributed by atoms with Crippen molar-refractivity contribution in [1.29, 1.82) is 0 Å². The van der Waals surface area contributed by atoms with Gasteiger partial charge in [0.1, 0.15) is 0 Å². The first-order valence-corrected chi connectivity index (χ1v) is 11.1. The number of aromatic nitrogens is 2. The highest BCUT2D eigenvalue weighted by atomic mass is 32.2. The Morgan fingerprint density at radius 3 is 2.53 bits per heavy atom. The molecule has 30 heavy (non-hydrogen) atoms. The molecule has 0 amide bonds. The smallest absolute Gasteiger partial charge is 0.243 e. The van der Waals surface area contributed by atoms with E-state index in [1.165, 1.54) is 30.7 Å². The molecule has 1 saturated heterocycles. The third-order valence-corrected chi connectivity index (χ3v) is 7.58. The normalized spacial score (nSPS) is 17.2. The van der Waals surface area contributed by atoms with Crippen molar-refractivity contribution in [2.45, 2.75) is 29.9 Å². The number of fused-ring (bicyclic) bond motifs is 1. The molecule has 0 bridgehead atoms. The largest absolute Gasteiger partial charge is 0.493 e. The van der Waals surface area contributed by atoms with Crippen molar-refractivity contribution in [3.05, 3.63) is 48.9 Å². The van der Waals surface area contributed by atoms with Crippen molar-refractivity contribution in [2.75, 3.05) is 27.3 Å². The summed E-state index contributed by atoms with van der Waals surface area (Å²) in [6, 6.07) is 8.47. The van der Waals surface area contributed by atoms with E-state index in [1.807, 2.05) is 22.9 Å². The Morgan fingerprint density at radius 1 is 1.10 bits per heavy atom. The topological polar surface area (TPSA) is 93.9 Å². The lowest BCUT2D eigenvalue weighted by atomic mass is 9.92. The molecule has 1 aliphatic rings. The van der Waals surface area contributed by atoms with Gasteiger partial charge in [0.05, 0.1) is 43.0 Å². The summed E-state index contributed by atoms with van der Waals surface area (Å²) in [4.78, 5) is 4.30. The van der Waals surface area contributed by atoms with Gasteiger partial charge in [0.15, 0.2) is 11.5 Å². The van der Waals surface area contributed by atoms with E-state index in [-0.39, 0.29) is 18.0 Å². The second-order valence-corrected chi connectivity index (χ2v) is 9.46. The lowest BCUT2D eigenvalue weighted by molar-refractivity contribution is -0.0185. The number of pyridine rings is 1. The molecule has 3 aromatic rings. The molecular formula is C21H25N3O5S. The van der Waals surface area contributed by atoms with Crippen LogP contribution in [-0.2, 0) is 16.6 Å². The number of hydrogen-bond acceptors (Lipinski definition) is 6. The Bertz CT molecular complexity index is 1150. The molecule has 9 heteroatoms. The van der Waals surface area contributed by atoms with Gasteiger partial charge in [-0.1, -0.05) is 0 Å². The standard InChI is InChI=1S/C21H25N3O5S/c1-28-19-4-3-17(13-20(19)29-2)30(26,27)24-11-7-21(25,8-12-24)15-23-10-6-16-5-9-22-14-18(16)23/h3-6,9-10,13-14,25H,7-8,11-12,15H2,1-2H3. The van der Waals surface area contributed by atoms with Crippen molar-refractivity contribution in [3.63, 3.8) is 0 Å². The minimum absolute atomic E-state index is 0.146. The molecule has 160 valence electrons. The number of sulfonamides is 1. The van der Waals surface area contributed by atoms with Crippen LogP contribution in [0.25, 0.3) is 10.9 Å². The van der Waals surface area contributed by atoms with Gasteiger partial charge in [-0.15, -0.1) is 0 Å². The van der Waals surface area contributed by atoms with Gasteiger partial charge in [-0.25, -0.2) is 8.42 Å². The minimum Gasteiger partial charge on any atom is -0.493 e. The summed E-state index contributed by atoms with van der Waals surface area (Å²) in [5.74, 6) is 0.832. The summed E-state index contributed by atoms with van der Waals surface area (Å²) in [6.07, 6.45) is 6.13. The summed E-state index contributed by atoms with van der Waals surface area (Å²) in [7, 11) is -0.727. The second-order valence-electron chi connectivity index (χ2n) is 7.52. The fourth-order valence-corrected chi connectivity index (χ4v) is 5.37. The van der Waals surface area contributed by atoms with Crippen LogP contribution >= 0.6 is 0 Å². The van der Waals surface area contributed by atoms with Gasteiger partial charge in [-0.2, -0.15) is 4.31 Å². The monoisotopic (exact) mass is 431 g/mol. The predicted molar refractivity (Wildman–Crippen MR) is 112 cm³/mol. The number of piperidine rings is 1. The van der Waals surface area contributed by atoms with E-state index in [0.717, 1.165) is 10.9 Å². The van der Waals surface area contributed by atoms with E-state index in [2.05, 4.69) is 4.98 Å². The molecule has 0 unspecified atom stereocenters. The van der Waals surface area contributed by atoms with Crippen LogP contribution in [-0.4, -0.2) is 60.3 Å². The molecule has 0 atom stereocenters. The number of rotatable bonds is 6. The van der Waals surface area contributed by atoms with Gasteiger partial charge in [0.25, 0.3) is 0 Å². The lowest BCUT2D eigenvalue weighted by Gasteiger charge is -2.37. The van der Waals surface area contributed by atoms with Gasteiger partial charge in [-0.05, 0) is 37.1 Å². The fraction of sp³-hybridized carbons (Fsp3) is 0.381. The van der Waals surface area contributed by atoms with Crippen LogP contribution in [0.3, 0.4) is 0 Å². The number of aliphatic hydroxyl groups is 1. The first-order chi connectivity index (χ1) is 14.4. The molecule has 1 aromatic carbocycles. The summed E-state index contributed by atoms with van der Waals surface area (Å²) in [6.45, 7) is 0.877. The number of benzene rings is 1. The zero-order chi connectivity index (χ0) is 21.4. The number of ether oxygens (including phenoxy) is 2. The van der Waals surface area contributed by atoms with Crippen LogP contribution < -0.4 is 9.47 Å². The highest BCUT2D eigenvalue weighted by molar-refractivity contribution is 7.89. The molecule has 0 spiro atoms. The molecule has 8 nitrogen and oxygen atoms in total. The molecule has 0 saturated carbocycles. The van der Waals surface area contributed by atoms with Crippen molar-refractivity contribution < 1.29 is 23.0 Å². The van der Waals surface area contributed by atoms with E-state index in [0.29, 0.717) is 30.9 Å². The Morgan fingerprint density at radius 2 is 1.83 bits per heavy atom. The molecule has 4 rings (SSSR count). The average Bonchev–Trinajstić information content (AvgIpc) is 3.15.